The lowest BCUT2D eigenvalue weighted by molar-refractivity contribution is 0.534. The number of hydrogen-bond donors (Lipinski definition) is 2. The predicted octanol–water partition coefficient (Wildman–Crippen LogP) is 0.694. The summed E-state index contributed by atoms with van der Waals surface area (Å²) in [4.78, 5) is 0. The van der Waals surface area contributed by atoms with E-state index in [4.69, 9.17) is 0 Å². The first-order chi connectivity index (χ1) is 6.97. The average molecular weight is 191 g/mol. The molecule has 0 atom stereocenters. The first kappa shape index (κ1) is 9.49. The van der Waals surface area contributed by atoms with Crippen LogP contribution in [-0.2, 0) is 6.42 Å². The van der Waals surface area contributed by atoms with Crippen LogP contribution in [0.15, 0.2) is 24.4 Å². The summed E-state index contributed by atoms with van der Waals surface area (Å²) in [6.07, 6.45) is 7.43. The minimum Gasteiger partial charge on any atom is -0.328 e. The standard InChI is InChI=1S/C7H7N.C4H10N2/c1-3-7-4-2-6-8(7)5-1;1-2-6-4-3-5-1/h1-3,5-6H,4H2;5-6H,1-4H2. The highest BCUT2D eigenvalue weighted by atomic mass is 15.0. The van der Waals surface area contributed by atoms with Gasteiger partial charge in [0.15, 0.2) is 0 Å². The van der Waals surface area contributed by atoms with Crippen molar-refractivity contribution < 1.29 is 0 Å². The largest absolute Gasteiger partial charge is 0.328 e. The number of rotatable bonds is 0. The number of piperazine rings is 1. The first-order valence-corrected chi connectivity index (χ1v) is 5.20. The van der Waals surface area contributed by atoms with Crippen LogP contribution in [0.25, 0.3) is 6.20 Å². The van der Waals surface area contributed by atoms with Crippen molar-refractivity contribution in [1.29, 1.82) is 0 Å². The van der Waals surface area contributed by atoms with E-state index in [0.717, 1.165) is 32.6 Å². The van der Waals surface area contributed by atoms with Gasteiger partial charge in [0.2, 0.25) is 0 Å². The molecule has 3 nitrogen and oxygen atoms in total. The SMILES string of the molecule is C1=Cn2cccc2C1.C1CNCCN1. The molecule has 0 aliphatic carbocycles. The quantitative estimate of drug-likeness (QED) is 0.632. The molecular formula is C11H17N3. The number of aromatic nitrogens is 1. The lowest BCUT2D eigenvalue weighted by atomic mass is 10.3. The molecular weight excluding hydrogens is 174 g/mol. The molecule has 14 heavy (non-hydrogen) atoms. The smallest absolute Gasteiger partial charge is 0.0259 e. The van der Waals surface area contributed by atoms with Gasteiger partial charge in [0.25, 0.3) is 0 Å². The molecule has 0 bridgehead atoms. The Morgan fingerprint density at radius 1 is 1.07 bits per heavy atom. The molecule has 1 aromatic heterocycles. The van der Waals surface area contributed by atoms with Crippen molar-refractivity contribution in [3.8, 4) is 0 Å². The van der Waals surface area contributed by atoms with Crippen LogP contribution in [0.2, 0.25) is 0 Å². The fraction of sp³-hybridized carbons (Fsp3) is 0.455. The Labute approximate surface area is 84.8 Å². The van der Waals surface area contributed by atoms with Crippen LogP contribution in [0.5, 0.6) is 0 Å². The molecule has 1 fully saturated rings. The summed E-state index contributed by atoms with van der Waals surface area (Å²) in [5, 5.41) is 6.44. The molecule has 0 spiro atoms. The van der Waals surface area contributed by atoms with E-state index in [9.17, 15) is 0 Å². The monoisotopic (exact) mass is 191 g/mol. The van der Waals surface area contributed by atoms with E-state index < -0.39 is 0 Å². The molecule has 0 unspecified atom stereocenters. The summed E-state index contributed by atoms with van der Waals surface area (Å²) in [7, 11) is 0. The third-order valence-electron chi connectivity index (χ3n) is 2.42. The molecule has 2 N–H and O–H groups in total. The van der Waals surface area contributed by atoms with Gasteiger partial charge in [-0.3, -0.25) is 0 Å². The number of hydrogen-bond acceptors (Lipinski definition) is 2. The van der Waals surface area contributed by atoms with Crippen LogP contribution in [0, 0.1) is 0 Å². The molecule has 1 saturated heterocycles. The minimum absolute atomic E-state index is 1.10. The Kier molecular flexibility index (Phi) is 3.38. The molecule has 0 saturated carbocycles. The van der Waals surface area contributed by atoms with Crippen molar-refractivity contribution in [1.82, 2.24) is 15.2 Å². The van der Waals surface area contributed by atoms with Crippen molar-refractivity contribution in [2.45, 2.75) is 6.42 Å². The fourth-order valence-corrected chi connectivity index (χ4v) is 1.64. The summed E-state index contributed by atoms with van der Waals surface area (Å²) in [6, 6.07) is 4.21. The highest BCUT2D eigenvalue weighted by Crippen LogP contribution is 2.10. The topological polar surface area (TPSA) is 29.0 Å². The Morgan fingerprint density at radius 3 is 2.36 bits per heavy atom. The Hall–Kier alpha value is -1.06. The zero-order valence-corrected chi connectivity index (χ0v) is 8.37. The van der Waals surface area contributed by atoms with E-state index in [2.05, 4.69) is 45.8 Å². The lowest BCUT2D eigenvalue weighted by Crippen LogP contribution is -2.39. The number of allylic oxidation sites excluding steroid dienone is 1. The number of fused-ring (bicyclic) bond motifs is 1. The maximum absolute atomic E-state index is 3.22. The molecule has 0 amide bonds. The molecule has 3 rings (SSSR count). The zero-order valence-electron chi connectivity index (χ0n) is 8.37. The van der Waals surface area contributed by atoms with E-state index in [-0.39, 0.29) is 0 Å². The fourth-order valence-electron chi connectivity index (χ4n) is 1.64. The molecule has 1 aromatic rings. The van der Waals surface area contributed by atoms with Crippen LogP contribution in [-0.4, -0.2) is 30.7 Å². The molecule has 0 aromatic carbocycles. The molecule has 0 radical (unpaired) electrons. The van der Waals surface area contributed by atoms with Crippen LogP contribution >= 0.6 is 0 Å². The summed E-state index contributed by atoms with van der Waals surface area (Å²) in [5.41, 5.74) is 1.39. The lowest BCUT2D eigenvalue weighted by Gasteiger charge is -2.11. The first-order valence-electron chi connectivity index (χ1n) is 5.20. The Morgan fingerprint density at radius 2 is 1.79 bits per heavy atom. The van der Waals surface area contributed by atoms with E-state index in [0.29, 0.717) is 0 Å². The summed E-state index contributed by atoms with van der Waals surface area (Å²) < 4.78 is 2.14. The minimum atomic E-state index is 1.10. The van der Waals surface area contributed by atoms with Crippen molar-refractivity contribution in [2.24, 2.45) is 0 Å². The third-order valence-corrected chi connectivity index (χ3v) is 2.42. The average Bonchev–Trinajstić information content (AvgIpc) is 2.82. The van der Waals surface area contributed by atoms with Crippen LogP contribution in [0.1, 0.15) is 5.69 Å². The Balaban J connectivity index is 0.000000112. The highest BCUT2D eigenvalue weighted by Gasteiger charge is 1.99. The van der Waals surface area contributed by atoms with Crippen molar-refractivity contribution >= 4 is 6.20 Å². The predicted molar refractivity (Wildman–Crippen MR) is 59.2 cm³/mol. The Bertz CT molecular complexity index is 286. The van der Waals surface area contributed by atoms with Crippen LogP contribution in [0.3, 0.4) is 0 Å². The second-order valence-electron chi connectivity index (χ2n) is 3.50. The highest BCUT2D eigenvalue weighted by molar-refractivity contribution is 5.36. The van der Waals surface area contributed by atoms with Gasteiger partial charge in [-0.2, -0.15) is 0 Å². The molecule has 3 heterocycles. The van der Waals surface area contributed by atoms with E-state index >= 15 is 0 Å². The second kappa shape index (κ2) is 4.98. The van der Waals surface area contributed by atoms with Crippen molar-refractivity contribution in [3.05, 3.63) is 30.1 Å². The number of nitrogens with zero attached hydrogens (tertiary/aromatic N) is 1. The van der Waals surface area contributed by atoms with Gasteiger partial charge in [-0.1, -0.05) is 6.08 Å². The second-order valence-corrected chi connectivity index (χ2v) is 3.50. The third kappa shape index (κ3) is 2.47. The van der Waals surface area contributed by atoms with E-state index in [1.54, 1.807) is 0 Å². The zero-order chi connectivity index (χ0) is 9.64. The molecule has 3 heteroatoms. The number of nitrogens with one attached hydrogen (secondary N) is 2. The summed E-state index contributed by atoms with van der Waals surface area (Å²) in [5.74, 6) is 0. The molecule has 76 valence electrons. The maximum Gasteiger partial charge on any atom is 0.0259 e. The molecule has 2 aliphatic heterocycles. The summed E-state index contributed by atoms with van der Waals surface area (Å²) in [6.45, 7) is 4.56. The van der Waals surface area contributed by atoms with Crippen LogP contribution in [0.4, 0.5) is 0 Å². The molecule has 2 aliphatic rings. The van der Waals surface area contributed by atoms with Gasteiger partial charge in [-0.25, -0.2) is 0 Å². The van der Waals surface area contributed by atoms with E-state index in [1.807, 2.05) is 0 Å². The van der Waals surface area contributed by atoms with Gasteiger partial charge >= 0.3 is 0 Å². The van der Waals surface area contributed by atoms with Gasteiger partial charge in [0.05, 0.1) is 0 Å². The van der Waals surface area contributed by atoms with Gasteiger partial charge in [-0.05, 0) is 12.1 Å². The van der Waals surface area contributed by atoms with Crippen LogP contribution < -0.4 is 10.6 Å². The van der Waals surface area contributed by atoms with Crippen molar-refractivity contribution in [2.75, 3.05) is 26.2 Å². The van der Waals surface area contributed by atoms with Gasteiger partial charge in [-0.15, -0.1) is 0 Å². The van der Waals surface area contributed by atoms with Crippen molar-refractivity contribution in [3.63, 3.8) is 0 Å². The van der Waals surface area contributed by atoms with Gasteiger partial charge in [0, 0.05) is 50.7 Å². The van der Waals surface area contributed by atoms with Gasteiger partial charge in [0.1, 0.15) is 0 Å². The summed E-state index contributed by atoms with van der Waals surface area (Å²) >= 11 is 0. The maximum atomic E-state index is 3.22. The van der Waals surface area contributed by atoms with E-state index in [1.165, 1.54) is 5.69 Å². The normalized spacial score (nSPS) is 18.6. The van der Waals surface area contributed by atoms with Gasteiger partial charge < -0.3 is 15.2 Å².